The van der Waals surface area contributed by atoms with E-state index >= 15 is 0 Å². The molecule has 0 radical (unpaired) electrons. The summed E-state index contributed by atoms with van der Waals surface area (Å²) in [5.74, 6) is 0. The van der Waals surface area contributed by atoms with Gasteiger partial charge in [-0.25, -0.2) is 4.98 Å². The number of hydrogen-bond acceptors (Lipinski definition) is 3. The van der Waals surface area contributed by atoms with Gasteiger partial charge in [0.25, 0.3) is 0 Å². The molecule has 1 aromatic heterocycles. The zero-order valence-electron chi connectivity index (χ0n) is 10.6. The molecule has 0 amide bonds. The van der Waals surface area contributed by atoms with Crippen LogP contribution in [-0.4, -0.2) is 4.98 Å². The first-order chi connectivity index (χ1) is 9.19. The van der Waals surface area contributed by atoms with Gasteiger partial charge >= 0.3 is 0 Å². The van der Waals surface area contributed by atoms with Crippen LogP contribution >= 0.6 is 15.9 Å². The third-order valence-electron chi connectivity index (χ3n) is 2.90. The van der Waals surface area contributed by atoms with Gasteiger partial charge in [0.2, 0.25) is 0 Å². The summed E-state index contributed by atoms with van der Waals surface area (Å²) in [6.45, 7) is 2.81. The van der Waals surface area contributed by atoms with Gasteiger partial charge in [-0.15, -0.1) is 0 Å². The van der Waals surface area contributed by atoms with Gasteiger partial charge in [0, 0.05) is 12.6 Å². The van der Waals surface area contributed by atoms with E-state index in [1.54, 1.807) is 0 Å². The molecule has 0 aliphatic rings. The van der Waals surface area contributed by atoms with E-state index in [-0.39, 0.29) is 6.04 Å². The van der Waals surface area contributed by atoms with Gasteiger partial charge in [-0.2, -0.15) is 5.26 Å². The molecule has 0 saturated carbocycles. The lowest BCUT2D eigenvalue weighted by Gasteiger charge is -2.14. The molecule has 0 bridgehead atoms. The van der Waals surface area contributed by atoms with Crippen molar-refractivity contribution >= 4 is 15.9 Å². The standard InChI is InChI=1S/C15H14BrN3/c1-11(13-7-5-12(9-17)6-8-13)18-10-14-3-2-4-15(16)19-14/h2-8,11,18H,10H2,1H3. The van der Waals surface area contributed by atoms with E-state index in [0.717, 1.165) is 15.9 Å². The van der Waals surface area contributed by atoms with E-state index in [0.29, 0.717) is 12.1 Å². The summed E-state index contributed by atoms with van der Waals surface area (Å²) >= 11 is 3.36. The average molecular weight is 316 g/mol. The maximum Gasteiger partial charge on any atom is 0.106 e. The summed E-state index contributed by atoms with van der Waals surface area (Å²) in [6, 6.07) is 15.8. The Bertz CT molecular complexity index is 587. The van der Waals surface area contributed by atoms with Crippen LogP contribution in [0.4, 0.5) is 0 Å². The number of halogens is 1. The first-order valence-corrected chi connectivity index (χ1v) is 6.83. The molecule has 19 heavy (non-hydrogen) atoms. The first kappa shape index (κ1) is 13.7. The predicted molar refractivity (Wildman–Crippen MR) is 78.3 cm³/mol. The summed E-state index contributed by atoms with van der Waals surface area (Å²) in [6.07, 6.45) is 0. The van der Waals surface area contributed by atoms with Crippen LogP contribution in [0.2, 0.25) is 0 Å². The predicted octanol–water partition coefficient (Wildman–Crippen LogP) is 3.57. The Kier molecular flexibility index (Phi) is 4.67. The monoisotopic (exact) mass is 315 g/mol. The number of nitriles is 1. The SMILES string of the molecule is CC(NCc1cccc(Br)n1)c1ccc(C#N)cc1. The fourth-order valence-corrected chi connectivity index (χ4v) is 2.15. The van der Waals surface area contributed by atoms with Crippen LogP contribution in [0.5, 0.6) is 0 Å². The van der Waals surface area contributed by atoms with Gasteiger partial charge in [-0.05, 0) is 52.7 Å². The fraction of sp³-hybridized carbons (Fsp3) is 0.200. The second kappa shape index (κ2) is 6.46. The first-order valence-electron chi connectivity index (χ1n) is 6.04. The number of aromatic nitrogens is 1. The minimum absolute atomic E-state index is 0.216. The van der Waals surface area contributed by atoms with Crippen LogP contribution < -0.4 is 5.32 Å². The second-order valence-electron chi connectivity index (χ2n) is 4.29. The van der Waals surface area contributed by atoms with Gasteiger partial charge in [0.15, 0.2) is 0 Å². The minimum atomic E-state index is 0.216. The molecule has 0 saturated heterocycles. The molecule has 0 fully saturated rings. The average Bonchev–Trinajstić information content (AvgIpc) is 2.45. The lowest BCUT2D eigenvalue weighted by Crippen LogP contribution is -2.18. The van der Waals surface area contributed by atoms with Crippen molar-refractivity contribution in [3.63, 3.8) is 0 Å². The van der Waals surface area contributed by atoms with E-state index in [4.69, 9.17) is 5.26 Å². The molecule has 1 heterocycles. The maximum atomic E-state index is 8.77. The van der Waals surface area contributed by atoms with Crippen molar-refractivity contribution in [3.05, 3.63) is 63.9 Å². The molecule has 2 aromatic rings. The number of nitrogens with zero attached hydrogens (tertiary/aromatic N) is 2. The number of benzene rings is 1. The molecule has 1 unspecified atom stereocenters. The Morgan fingerprint density at radius 1 is 1.26 bits per heavy atom. The van der Waals surface area contributed by atoms with Crippen molar-refractivity contribution in [3.8, 4) is 6.07 Å². The van der Waals surface area contributed by atoms with Crippen LogP contribution in [0.25, 0.3) is 0 Å². The lowest BCUT2D eigenvalue weighted by atomic mass is 10.1. The fourth-order valence-electron chi connectivity index (χ4n) is 1.77. The van der Waals surface area contributed by atoms with Gasteiger partial charge in [-0.1, -0.05) is 18.2 Å². The highest BCUT2D eigenvalue weighted by Gasteiger charge is 2.05. The molecule has 1 aromatic carbocycles. The van der Waals surface area contributed by atoms with E-state index in [1.165, 1.54) is 0 Å². The maximum absolute atomic E-state index is 8.77. The number of rotatable bonds is 4. The largest absolute Gasteiger partial charge is 0.305 e. The molecule has 0 spiro atoms. The van der Waals surface area contributed by atoms with Crippen LogP contribution in [-0.2, 0) is 6.54 Å². The normalized spacial score (nSPS) is 11.8. The van der Waals surface area contributed by atoms with Gasteiger partial charge in [0.05, 0.1) is 17.3 Å². The Morgan fingerprint density at radius 3 is 2.63 bits per heavy atom. The van der Waals surface area contributed by atoms with Crippen molar-refractivity contribution in [1.29, 1.82) is 5.26 Å². The Balaban J connectivity index is 1.97. The summed E-state index contributed by atoms with van der Waals surface area (Å²) in [7, 11) is 0. The molecule has 2 rings (SSSR count). The highest BCUT2D eigenvalue weighted by atomic mass is 79.9. The summed E-state index contributed by atoms with van der Waals surface area (Å²) in [5, 5.41) is 12.2. The van der Waals surface area contributed by atoms with Crippen molar-refractivity contribution in [2.45, 2.75) is 19.5 Å². The summed E-state index contributed by atoms with van der Waals surface area (Å²) < 4.78 is 0.845. The van der Waals surface area contributed by atoms with E-state index < -0.39 is 0 Å². The molecular weight excluding hydrogens is 302 g/mol. The van der Waals surface area contributed by atoms with Gasteiger partial charge < -0.3 is 5.32 Å². The minimum Gasteiger partial charge on any atom is -0.305 e. The van der Waals surface area contributed by atoms with Crippen LogP contribution in [0, 0.1) is 11.3 Å². The van der Waals surface area contributed by atoms with Crippen molar-refractivity contribution < 1.29 is 0 Å². The molecule has 3 nitrogen and oxygen atoms in total. The van der Waals surface area contributed by atoms with Gasteiger partial charge in [-0.3, -0.25) is 0 Å². The number of pyridine rings is 1. The summed E-state index contributed by atoms with van der Waals surface area (Å²) in [4.78, 5) is 4.38. The van der Waals surface area contributed by atoms with Crippen LogP contribution in [0.3, 0.4) is 0 Å². The molecule has 96 valence electrons. The molecule has 4 heteroatoms. The Labute approximate surface area is 121 Å². The smallest absolute Gasteiger partial charge is 0.106 e. The quantitative estimate of drug-likeness (QED) is 0.877. The molecular formula is C15H14BrN3. The van der Waals surface area contributed by atoms with Crippen molar-refractivity contribution in [2.24, 2.45) is 0 Å². The van der Waals surface area contributed by atoms with Crippen molar-refractivity contribution in [2.75, 3.05) is 0 Å². The molecule has 0 aliphatic carbocycles. The third-order valence-corrected chi connectivity index (χ3v) is 3.34. The number of hydrogen-bond donors (Lipinski definition) is 1. The lowest BCUT2D eigenvalue weighted by molar-refractivity contribution is 0.567. The van der Waals surface area contributed by atoms with E-state index in [9.17, 15) is 0 Å². The second-order valence-corrected chi connectivity index (χ2v) is 5.10. The zero-order chi connectivity index (χ0) is 13.7. The Morgan fingerprint density at radius 2 is 2.00 bits per heavy atom. The van der Waals surface area contributed by atoms with E-state index in [2.05, 4.69) is 39.2 Å². The highest BCUT2D eigenvalue weighted by molar-refractivity contribution is 9.10. The topological polar surface area (TPSA) is 48.7 Å². The molecule has 0 aliphatic heterocycles. The molecule has 1 N–H and O–H groups in total. The third kappa shape index (κ3) is 3.88. The summed E-state index contributed by atoms with van der Waals surface area (Å²) in [5.41, 5.74) is 2.84. The highest BCUT2D eigenvalue weighted by Crippen LogP contribution is 2.14. The molecule has 1 atom stereocenters. The number of nitrogens with one attached hydrogen (secondary N) is 1. The van der Waals surface area contributed by atoms with Gasteiger partial charge in [0.1, 0.15) is 4.60 Å². The van der Waals surface area contributed by atoms with Crippen LogP contribution in [0.1, 0.15) is 29.8 Å². The zero-order valence-corrected chi connectivity index (χ0v) is 12.2. The van der Waals surface area contributed by atoms with Crippen LogP contribution in [0.15, 0.2) is 47.1 Å². The Hall–Kier alpha value is -1.70. The van der Waals surface area contributed by atoms with E-state index in [1.807, 2.05) is 42.5 Å². The van der Waals surface area contributed by atoms with Crippen molar-refractivity contribution in [1.82, 2.24) is 10.3 Å².